The summed E-state index contributed by atoms with van der Waals surface area (Å²) < 4.78 is 2.29. The van der Waals surface area contributed by atoms with Gasteiger partial charge in [0.1, 0.15) is 6.54 Å². The number of piperidine rings is 1. The number of nitrogens with zero attached hydrogens (tertiary/aromatic N) is 3. The number of H-pyrrole nitrogens is 1. The van der Waals surface area contributed by atoms with Gasteiger partial charge >= 0.3 is 0 Å². The average molecular weight is 336 g/mol. The van der Waals surface area contributed by atoms with Gasteiger partial charge in [0.25, 0.3) is 0 Å². The fourth-order valence-electron chi connectivity index (χ4n) is 3.16. The fraction of sp³-hybridized carbons (Fsp3) is 0.533. The van der Waals surface area contributed by atoms with Crippen LogP contribution in [0.25, 0.3) is 10.7 Å². The van der Waals surface area contributed by atoms with Crippen molar-refractivity contribution < 1.29 is 4.79 Å². The molecule has 0 aromatic carbocycles. The van der Waals surface area contributed by atoms with Crippen LogP contribution in [0.3, 0.4) is 0 Å². The number of amides is 1. The molecule has 2 atom stereocenters. The Labute approximate surface area is 139 Å². The van der Waals surface area contributed by atoms with Crippen LogP contribution in [0.1, 0.15) is 20.3 Å². The predicted molar refractivity (Wildman–Crippen MR) is 90.2 cm³/mol. The van der Waals surface area contributed by atoms with Crippen molar-refractivity contribution >= 4 is 29.5 Å². The van der Waals surface area contributed by atoms with Gasteiger partial charge in [-0.05, 0) is 41.9 Å². The Bertz CT molecular complexity index is 693. The van der Waals surface area contributed by atoms with E-state index in [0.29, 0.717) is 16.6 Å². The van der Waals surface area contributed by atoms with Gasteiger partial charge in [-0.3, -0.25) is 14.5 Å². The zero-order chi connectivity index (χ0) is 15.7. The largest absolute Gasteiger partial charge is 0.341 e. The lowest BCUT2D eigenvalue weighted by Gasteiger charge is -2.35. The quantitative estimate of drug-likeness (QED) is 0.876. The van der Waals surface area contributed by atoms with Crippen molar-refractivity contribution in [1.82, 2.24) is 19.7 Å². The number of nitrogens with one attached hydrogen (secondary N) is 1. The molecule has 118 valence electrons. The van der Waals surface area contributed by atoms with Gasteiger partial charge in [-0.25, -0.2) is 0 Å². The summed E-state index contributed by atoms with van der Waals surface area (Å²) in [5, 5.41) is 9.07. The highest BCUT2D eigenvalue weighted by Gasteiger charge is 2.26. The highest BCUT2D eigenvalue weighted by Crippen LogP contribution is 2.24. The summed E-state index contributed by atoms with van der Waals surface area (Å²) >= 11 is 6.88. The Morgan fingerprint density at radius 3 is 2.82 bits per heavy atom. The highest BCUT2D eigenvalue weighted by atomic mass is 32.1. The van der Waals surface area contributed by atoms with Gasteiger partial charge in [0.05, 0.1) is 4.88 Å². The van der Waals surface area contributed by atoms with Crippen molar-refractivity contribution in [3.63, 3.8) is 0 Å². The Morgan fingerprint density at radius 1 is 1.45 bits per heavy atom. The number of rotatable bonds is 3. The molecule has 0 spiro atoms. The number of hydrogen-bond donors (Lipinski definition) is 1. The van der Waals surface area contributed by atoms with Crippen LogP contribution >= 0.6 is 23.6 Å². The third-order valence-electron chi connectivity index (χ3n) is 4.01. The van der Waals surface area contributed by atoms with Gasteiger partial charge in [0, 0.05) is 13.1 Å². The second kappa shape index (κ2) is 6.34. The molecule has 1 aliphatic rings. The Kier molecular flexibility index (Phi) is 4.44. The molecule has 1 aliphatic heterocycles. The minimum Gasteiger partial charge on any atom is -0.341 e. The van der Waals surface area contributed by atoms with Gasteiger partial charge in [0.15, 0.2) is 10.6 Å². The minimum absolute atomic E-state index is 0.119. The summed E-state index contributed by atoms with van der Waals surface area (Å²) in [6.07, 6.45) is 1.19. The van der Waals surface area contributed by atoms with Crippen molar-refractivity contribution in [2.24, 2.45) is 11.8 Å². The van der Waals surface area contributed by atoms with Gasteiger partial charge in [0.2, 0.25) is 5.91 Å². The average Bonchev–Trinajstić information content (AvgIpc) is 3.08. The van der Waals surface area contributed by atoms with E-state index < -0.39 is 0 Å². The second-order valence-electron chi connectivity index (χ2n) is 6.16. The third-order valence-corrected chi connectivity index (χ3v) is 5.19. The Morgan fingerprint density at radius 2 is 2.18 bits per heavy atom. The summed E-state index contributed by atoms with van der Waals surface area (Å²) in [6, 6.07) is 3.96. The van der Waals surface area contributed by atoms with Crippen molar-refractivity contribution in [2.75, 3.05) is 13.1 Å². The molecule has 22 heavy (non-hydrogen) atoms. The number of carbonyl (C=O) groups excluding carboxylic acids is 1. The number of thiophene rings is 1. The second-order valence-corrected chi connectivity index (χ2v) is 7.49. The van der Waals surface area contributed by atoms with Crippen LogP contribution in [0, 0.1) is 16.6 Å². The number of likely N-dealkylation sites (tertiary alicyclic amines) is 1. The molecule has 1 N–H and O–H groups in total. The maximum atomic E-state index is 12.7. The van der Waals surface area contributed by atoms with E-state index in [1.165, 1.54) is 6.42 Å². The molecule has 3 heterocycles. The molecule has 0 radical (unpaired) electrons. The van der Waals surface area contributed by atoms with Crippen LogP contribution in [0.5, 0.6) is 0 Å². The molecule has 0 unspecified atom stereocenters. The van der Waals surface area contributed by atoms with E-state index in [-0.39, 0.29) is 12.5 Å². The first kappa shape index (κ1) is 15.4. The van der Waals surface area contributed by atoms with Gasteiger partial charge in [-0.1, -0.05) is 19.9 Å². The number of carbonyl (C=O) groups is 1. The zero-order valence-corrected chi connectivity index (χ0v) is 14.4. The van der Waals surface area contributed by atoms with Crippen LogP contribution in [0.15, 0.2) is 17.5 Å². The topological polar surface area (TPSA) is 53.9 Å². The molecule has 2 aromatic heterocycles. The van der Waals surface area contributed by atoms with Crippen LogP contribution in [-0.4, -0.2) is 38.7 Å². The molecular formula is C15H20N4OS2. The summed E-state index contributed by atoms with van der Waals surface area (Å²) in [4.78, 5) is 15.6. The van der Waals surface area contributed by atoms with Crippen LogP contribution in [0.2, 0.25) is 0 Å². The predicted octanol–water partition coefficient (Wildman–Crippen LogP) is 3.17. The first-order chi connectivity index (χ1) is 10.5. The van der Waals surface area contributed by atoms with E-state index in [4.69, 9.17) is 12.2 Å². The number of aromatic amines is 1. The molecule has 5 nitrogen and oxygen atoms in total. The first-order valence-electron chi connectivity index (χ1n) is 7.51. The minimum atomic E-state index is 0.119. The van der Waals surface area contributed by atoms with Crippen molar-refractivity contribution in [3.8, 4) is 10.7 Å². The van der Waals surface area contributed by atoms with E-state index >= 15 is 0 Å². The Hall–Kier alpha value is -1.47. The van der Waals surface area contributed by atoms with E-state index in [1.807, 2.05) is 22.4 Å². The first-order valence-corrected chi connectivity index (χ1v) is 8.80. The lowest BCUT2D eigenvalue weighted by molar-refractivity contribution is -0.134. The maximum Gasteiger partial charge on any atom is 0.242 e. The highest BCUT2D eigenvalue weighted by molar-refractivity contribution is 7.71. The maximum absolute atomic E-state index is 12.7. The molecule has 0 saturated carbocycles. The van der Waals surface area contributed by atoms with Crippen molar-refractivity contribution in [1.29, 1.82) is 0 Å². The summed E-state index contributed by atoms with van der Waals surface area (Å²) in [5.41, 5.74) is 0. The third kappa shape index (κ3) is 3.15. The SMILES string of the molecule is C[C@@H]1C[C@@H](C)CN(C(=O)Cn2c(-c3cccs3)n[nH]c2=S)C1. The molecule has 2 aromatic rings. The van der Waals surface area contributed by atoms with Crippen molar-refractivity contribution in [2.45, 2.75) is 26.8 Å². The molecule has 0 aliphatic carbocycles. The molecule has 1 amide bonds. The van der Waals surface area contributed by atoms with Crippen LogP contribution < -0.4 is 0 Å². The van der Waals surface area contributed by atoms with E-state index in [1.54, 1.807) is 15.9 Å². The molecular weight excluding hydrogens is 316 g/mol. The summed E-state index contributed by atoms with van der Waals surface area (Å²) in [5.74, 6) is 1.98. The molecule has 1 fully saturated rings. The Balaban J connectivity index is 1.80. The summed E-state index contributed by atoms with van der Waals surface area (Å²) in [7, 11) is 0. The van der Waals surface area contributed by atoms with Crippen LogP contribution in [-0.2, 0) is 11.3 Å². The number of aromatic nitrogens is 3. The fourth-order valence-corrected chi connectivity index (χ4v) is 4.08. The summed E-state index contributed by atoms with van der Waals surface area (Å²) in [6.45, 7) is 6.33. The lowest BCUT2D eigenvalue weighted by atomic mass is 9.92. The van der Waals surface area contributed by atoms with Gasteiger partial charge in [-0.2, -0.15) is 5.10 Å². The molecule has 0 bridgehead atoms. The number of hydrogen-bond acceptors (Lipinski definition) is 4. The monoisotopic (exact) mass is 336 g/mol. The smallest absolute Gasteiger partial charge is 0.242 e. The molecule has 7 heteroatoms. The zero-order valence-electron chi connectivity index (χ0n) is 12.8. The van der Waals surface area contributed by atoms with Crippen LogP contribution in [0.4, 0.5) is 0 Å². The van der Waals surface area contributed by atoms with Gasteiger partial charge in [-0.15, -0.1) is 11.3 Å². The molecule has 1 saturated heterocycles. The van der Waals surface area contributed by atoms with E-state index in [0.717, 1.165) is 23.8 Å². The van der Waals surface area contributed by atoms with Gasteiger partial charge < -0.3 is 4.90 Å². The van der Waals surface area contributed by atoms with Crippen molar-refractivity contribution in [3.05, 3.63) is 22.3 Å². The normalized spacial score (nSPS) is 22.0. The lowest BCUT2D eigenvalue weighted by Crippen LogP contribution is -2.44. The van der Waals surface area contributed by atoms with E-state index in [2.05, 4.69) is 24.0 Å². The molecule has 3 rings (SSSR count). The van der Waals surface area contributed by atoms with E-state index in [9.17, 15) is 4.79 Å². The standard InChI is InChI=1S/C15H20N4OS2/c1-10-6-11(2)8-18(7-10)13(20)9-19-14(16-17-15(19)21)12-4-3-5-22-12/h3-5,10-11H,6-9H2,1-2H3,(H,17,21)/t10-,11-/m1/s1.